The van der Waals surface area contributed by atoms with Gasteiger partial charge < -0.3 is 9.47 Å². The molecule has 0 bridgehead atoms. The Hall–Kier alpha value is -2.62. The van der Waals surface area contributed by atoms with Crippen molar-refractivity contribution < 1.29 is 14.3 Å². The lowest BCUT2D eigenvalue weighted by Crippen LogP contribution is -2.09. The van der Waals surface area contributed by atoms with Crippen LogP contribution >= 0.6 is 0 Å². The second-order valence-electron chi connectivity index (χ2n) is 10.0. The summed E-state index contributed by atoms with van der Waals surface area (Å²) < 4.78 is 11.3. The summed E-state index contributed by atoms with van der Waals surface area (Å²) in [6.45, 7) is 7.52. The molecule has 4 nitrogen and oxygen atoms in total. The molecule has 0 saturated carbocycles. The van der Waals surface area contributed by atoms with E-state index in [0.717, 1.165) is 24.1 Å². The molecule has 2 rings (SSSR count). The van der Waals surface area contributed by atoms with E-state index in [-0.39, 0.29) is 5.97 Å². The van der Waals surface area contributed by atoms with E-state index >= 15 is 0 Å². The molecule has 0 unspecified atom stereocenters. The van der Waals surface area contributed by atoms with E-state index in [9.17, 15) is 4.79 Å². The first-order valence-corrected chi connectivity index (χ1v) is 14.7. The predicted molar refractivity (Wildman–Crippen MR) is 157 cm³/mol. The van der Waals surface area contributed by atoms with Gasteiger partial charge in [0.1, 0.15) is 0 Å². The molecule has 0 spiro atoms. The van der Waals surface area contributed by atoms with Crippen LogP contribution < -0.4 is 9.47 Å². The summed E-state index contributed by atoms with van der Waals surface area (Å²) >= 11 is 0. The zero-order valence-corrected chi connectivity index (χ0v) is 23.6. The fourth-order valence-corrected chi connectivity index (χ4v) is 4.37. The van der Waals surface area contributed by atoms with Gasteiger partial charge in [-0.15, -0.1) is 0 Å². The molecular formula is C33H49NO3. The highest BCUT2D eigenvalue weighted by Gasteiger charge is 2.13. The normalized spacial score (nSPS) is 11.2. The monoisotopic (exact) mass is 507 g/mol. The quantitative estimate of drug-likeness (QED) is 0.0776. The number of hydrogen-bond donors (Lipinski definition) is 0. The molecule has 0 N–H and O–H groups in total. The molecule has 0 aliphatic carbocycles. The second-order valence-corrected chi connectivity index (χ2v) is 10.0. The van der Waals surface area contributed by atoms with Crippen molar-refractivity contribution in [2.24, 2.45) is 4.99 Å². The van der Waals surface area contributed by atoms with Gasteiger partial charge in [0.25, 0.3) is 0 Å². The Morgan fingerprint density at radius 1 is 0.730 bits per heavy atom. The highest BCUT2D eigenvalue weighted by molar-refractivity contribution is 5.91. The number of aryl methyl sites for hydroxylation is 1. The van der Waals surface area contributed by atoms with Gasteiger partial charge in [0.2, 0.25) is 0 Å². The summed E-state index contributed by atoms with van der Waals surface area (Å²) in [4.78, 5) is 17.1. The van der Waals surface area contributed by atoms with Crippen LogP contribution in [0.5, 0.6) is 11.5 Å². The van der Waals surface area contributed by atoms with Gasteiger partial charge >= 0.3 is 5.97 Å². The average molecular weight is 508 g/mol. The fourth-order valence-electron chi connectivity index (χ4n) is 4.37. The third kappa shape index (κ3) is 13.5. The SMILES string of the molecule is CCCCCCCCCCCCCCCCN=Cc1ccc(OC(=O)c2ccc(C)cc2)c(OCC)c1. The van der Waals surface area contributed by atoms with Gasteiger partial charge in [-0.05, 0) is 56.2 Å². The maximum atomic E-state index is 12.5. The van der Waals surface area contributed by atoms with Gasteiger partial charge in [0.05, 0.1) is 12.2 Å². The Morgan fingerprint density at radius 2 is 1.30 bits per heavy atom. The largest absolute Gasteiger partial charge is 0.490 e. The summed E-state index contributed by atoms with van der Waals surface area (Å²) in [6.07, 6.45) is 21.0. The predicted octanol–water partition coefficient (Wildman–Crippen LogP) is 9.51. The molecule has 0 aromatic heterocycles. The van der Waals surface area contributed by atoms with Crippen LogP contribution in [0, 0.1) is 6.92 Å². The van der Waals surface area contributed by atoms with Crippen LogP contribution in [0.4, 0.5) is 0 Å². The minimum Gasteiger partial charge on any atom is -0.490 e. The zero-order chi connectivity index (χ0) is 26.6. The zero-order valence-electron chi connectivity index (χ0n) is 23.6. The van der Waals surface area contributed by atoms with Gasteiger partial charge in [-0.3, -0.25) is 4.99 Å². The molecule has 0 atom stereocenters. The Morgan fingerprint density at radius 3 is 1.86 bits per heavy atom. The number of esters is 1. The van der Waals surface area contributed by atoms with E-state index < -0.39 is 0 Å². The van der Waals surface area contributed by atoms with Crippen molar-refractivity contribution in [3.05, 3.63) is 59.2 Å². The Labute approximate surface area is 225 Å². The van der Waals surface area contributed by atoms with Crippen molar-refractivity contribution in [2.75, 3.05) is 13.2 Å². The number of rotatable bonds is 20. The lowest BCUT2D eigenvalue weighted by Gasteiger charge is -2.11. The average Bonchev–Trinajstić information content (AvgIpc) is 2.90. The van der Waals surface area contributed by atoms with E-state index in [0.29, 0.717) is 23.7 Å². The van der Waals surface area contributed by atoms with Gasteiger partial charge in [-0.2, -0.15) is 0 Å². The van der Waals surface area contributed by atoms with Crippen LogP contribution in [0.15, 0.2) is 47.5 Å². The molecule has 0 aliphatic rings. The molecule has 0 radical (unpaired) electrons. The molecule has 2 aromatic rings. The number of nitrogens with zero attached hydrogens (tertiary/aromatic N) is 1. The van der Waals surface area contributed by atoms with E-state index in [1.807, 2.05) is 44.3 Å². The van der Waals surface area contributed by atoms with Crippen LogP contribution in [0.1, 0.15) is 125 Å². The lowest BCUT2D eigenvalue weighted by molar-refractivity contribution is 0.0728. The standard InChI is InChI=1S/C33H49NO3/c1-4-6-7-8-9-10-11-12-13-14-15-16-17-18-25-34-27-29-21-24-31(32(26-29)36-5-2)37-33(35)30-22-19-28(3)20-23-30/h19-24,26-27H,4-18,25H2,1-3H3. The number of benzene rings is 2. The molecule has 204 valence electrons. The van der Waals surface area contributed by atoms with Crippen molar-refractivity contribution in [1.82, 2.24) is 0 Å². The smallest absolute Gasteiger partial charge is 0.343 e. The third-order valence-electron chi connectivity index (χ3n) is 6.64. The highest BCUT2D eigenvalue weighted by Crippen LogP contribution is 2.29. The van der Waals surface area contributed by atoms with Crippen molar-refractivity contribution in [3.8, 4) is 11.5 Å². The van der Waals surface area contributed by atoms with Crippen LogP contribution in [-0.4, -0.2) is 25.3 Å². The van der Waals surface area contributed by atoms with E-state index in [4.69, 9.17) is 9.47 Å². The number of aliphatic imine (C=N–C) groups is 1. The van der Waals surface area contributed by atoms with Gasteiger partial charge in [0.15, 0.2) is 11.5 Å². The minimum absolute atomic E-state index is 0.389. The van der Waals surface area contributed by atoms with Crippen LogP contribution in [0.25, 0.3) is 0 Å². The van der Waals surface area contributed by atoms with Crippen molar-refractivity contribution in [3.63, 3.8) is 0 Å². The second kappa shape index (κ2) is 19.5. The molecular weight excluding hydrogens is 458 g/mol. The molecule has 0 saturated heterocycles. The first-order valence-electron chi connectivity index (χ1n) is 14.7. The van der Waals surface area contributed by atoms with Crippen LogP contribution in [0.2, 0.25) is 0 Å². The summed E-state index contributed by atoms with van der Waals surface area (Å²) in [6, 6.07) is 12.9. The number of unbranched alkanes of at least 4 members (excludes halogenated alkanes) is 13. The number of carbonyl (C=O) groups excluding carboxylic acids is 1. The lowest BCUT2D eigenvalue weighted by atomic mass is 10.0. The minimum atomic E-state index is -0.389. The van der Waals surface area contributed by atoms with E-state index in [1.54, 1.807) is 18.2 Å². The van der Waals surface area contributed by atoms with E-state index in [2.05, 4.69) is 11.9 Å². The van der Waals surface area contributed by atoms with Gasteiger partial charge in [-0.25, -0.2) is 4.79 Å². The summed E-state index contributed by atoms with van der Waals surface area (Å²) in [5, 5.41) is 0. The van der Waals surface area contributed by atoms with Gasteiger partial charge in [0, 0.05) is 12.8 Å². The Kier molecular flexibility index (Phi) is 16.1. The first-order chi connectivity index (χ1) is 18.1. The summed E-state index contributed by atoms with van der Waals surface area (Å²) in [5.74, 6) is 0.597. The Balaban J connectivity index is 1.61. The summed E-state index contributed by atoms with van der Waals surface area (Å²) in [7, 11) is 0. The number of hydrogen-bond acceptors (Lipinski definition) is 4. The van der Waals surface area contributed by atoms with Crippen molar-refractivity contribution in [2.45, 2.75) is 111 Å². The number of carbonyl (C=O) groups is 1. The highest BCUT2D eigenvalue weighted by atomic mass is 16.6. The molecule has 37 heavy (non-hydrogen) atoms. The number of ether oxygens (including phenoxy) is 2. The fraction of sp³-hybridized carbons (Fsp3) is 0.576. The molecule has 0 amide bonds. The van der Waals surface area contributed by atoms with E-state index in [1.165, 1.54) is 83.5 Å². The molecule has 0 aliphatic heterocycles. The van der Waals surface area contributed by atoms with Crippen molar-refractivity contribution in [1.29, 1.82) is 0 Å². The van der Waals surface area contributed by atoms with Crippen molar-refractivity contribution >= 4 is 12.2 Å². The molecule has 0 fully saturated rings. The first kappa shape index (κ1) is 30.6. The van der Waals surface area contributed by atoms with Gasteiger partial charge in [-0.1, -0.05) is 108 Å². The molecule has 0 heterocycles. The third-order valence-corrected chi connectivity index (χ3v) is 6.64. The molecule has 2 aromatic carbocycles. The van der Waals surface area contributed by atoms with Crippen LogP contribution in [-0.2, 0) is 0 Å². The maximum Gasteiger partial charge on any atom is 0.343 e. The topological polar surface area (TPSA) is 47.9 Å². The van der Waals surface area contributed by atoms with Crippen LogP contribution in [0.3, 0.4) is 0 Å². The molecule has 4 heteroatoms. The summed E-state index contributed by atoms with van der Waals surface area (Å²) in [5.41, 5.74) is 2.57. The Bertz CT molecular complexity index is 904. The maximum absolute atomic E-state index is 12.5.